The third-order valence-corrected chi connectivity index (χ3v) is 5.21. The SMILES string of the molecule is CCNC(=NCCOc1cccc(NC(C)=O)c1)N1CCN(C(=O)C2CCCO2)CC1. The number of piperazine rings is 1. The summed E-state index contributed by atoms with van der Waals surface area (Å²) >= 11 is 0. The average Bonchev–Trinajstić information content (AvgIpc) is 3.30. The molecule has 2 fully saturated rings. The van der Waals surface area contributed by atoms with E-state index in [0.717, 1.165) is 38.4 Å². The Morgan fingerprint density at radius 1 is 1.23 bits per heavy atom. The molecule has 9 nitrogen and oxygen atoms in total. The third kappa shape index (κ3) is 6.85. The van der Waals surface area contributed by atoms with Crippen molar-refractivity contribution in [1.82, 2.24) is 15.1 Å². The van der Waals surface area contributed by atoms with Gasteiger partial charge < -0.3 is 29.9 Å². The molecule has 2 heterocycles. The van der Waals surface area contributed by atoms with E-state index in [1.54, 1.807) is 6.07 Å². The topological polar surface area (TPSA) is 95.5 Å². The molecular weight excluding hydrogens is 398 g/mol. The lowest BCUT2D eigenvalue weighted by Crippen LogP contribution is -2.55. The number of nitrogens with one attached hydrogen (secondary N) is 2. The zero-order chi connectivity index (χ0) is 22.1. The first-order chi connectivity index (χ1) is 15.1. The minimum absolute atomic E-state index is 0.116. The van der Waals surface area contributed by atoms with Gasteiger partial charge in [0.15, 0.2) is 5.96 Å². The van der Waals surface area contributed by atoms with Gasteiger partial charge in [0.2, 0.25) is 5.91 Å². The summed E-state index contributed by atoms with van der Waals surface area (Å²) < 4.78 is 11.3. The van der Waals surface area contributed by atoms with Gasteiger partial charge in [0.25, 0.3) is 5.91 Å². The summed E-state index contributed by atoms with van der Waals surface area (Å²) in [6.07, 6.45) is 1.54. The summed E-state index contributed by atoms with van der Waals surface area (Å²) in [5.74, 6) is 1.53. The summed E-state index contributed by atoms with van der Waals surface area (Å²) in [4.78, 5) is 32.5. The van der Waals surface area contributed by atoms with Crippen LogP contribution in [-0.4, -0.2) is 86.2 Å². The Morgan fingerprint density at radius 2 is 2.00 bits per heavy atom. The van der Waals surface area contributed by atoms with Crippen LogP contribution in [-0.2, 0) is 14.3 Å². The van der Waals surface area contributed by atoms with Crippen molar-refractivity contribution in [2.24, 2.45) is 4.99 Å². The molecule has 31 heavy (non-hydrogen) atoms. The largest absolute Gasteiger partial charge is 0.492 e. The number of hydrogen-bond acceptors (Lipinski definition) is 5. The minimum atomic E-state index is -0.255. The summed E-state index contributed by atoms with van der Waals surface area (Å²) in [6.45, 7) is 8.73. The minimum Gasteiger partial charge on any atom is -0.492 e. The van der Waals surface area contributed by atoms with Crippen molar-refractivity contribution >= 4 is 23.5 Å². The molecule has 1 unspecified atom stereocenters. The normalized spacial score (nSPS) is 19.3. The zero-order valence-electron chi connectivity index (χ0n) is 18.4. The maximum Gasteiger partial charge on any atom is 0.251 e. The molecule has 2 amide bonds. The first kappa shape index (κ1) is 22.9. The Bertz CT molecular complexity index is 771. The highest BCUT2D eigenvalue weighted by Crippen LogP contribution is 2.18. The molecular formula is C22H33N5O4. The molecule has 1 aromatic rings. The molecule has 0 saturated carbocycles. The van der Waals surface area contributed by atoms with E-state index in [0.29, 0.717) is 44.3 Å². The average molecular weight is 432 g/mol. The second-order valence-corrected chi connectivity index (χ2v) is 7.61. The second kappa shape index (κ2) is 11.5. The van der Waals surface area contributed by atoms with Gasteiger partial charge in [0, 0.05) is 58.0 Å². The molecule has 2 aliphatic heterocycles. The highest BCUT2D eigenvalue weighted by atomic mass is 16.5. The van der Waals surface area contributed by atoms with Crippen LogP contribution in [0.2, 0.25) is 0 Å². The van der Waals surface area contributed by atoms with Crippen molar-refractivity contribution in [2.75, 3.05) is 57.8 Å². The molecule has 0 bridgehead atoms. The van der Waals surface area contributed by atoms with E-state index in [9.17, 15) is 9.59 Å². The Labute approximate surface area is 183 Å². The van der Waals surface area contributed by atoms with E-state index in [2.05, 4.69) is 20.5 Å². The van der Waals surface area contributed by atoms with Gasteiger partial charge in [-0.1, -0.05) is 6.07 Å². The van der Waals surface area contributed by atoms with Gasteiger partial charge in [-0.05, 0) is 31.9 Å². The number of carbonyl (C=O) groups is 2. The maximum atomic E-state index is 12.5. The number of aliphatic imine (C=N–C) groups is 1. The van der Waals surface area contributed by atoms with Crippen LogP contribution >= 0.6 is 0 Å². The first-order valence-corrected chi connectivity index (χ1v) is 11.0. The van der Waals surface area contributed by atoms with Crippen LogP contribution in [0.15, 0.2) is 29.3 Å². The summed E-state index contributed by atoms with van der Waals surface area (Å²) in [7, 11) is 0. The van der Waals surface area contributed by atoms with Crippen LogP contribution in [0.25, 0.3) is 0 Å². The van der Waals surface area contributed by atoms with Gasteiger partial charge in [-0.2, -0.15) is 0 Å². The van der Waals surface area contributed by atoms with E-state index >= 15 is 0 Å². The molecule has 9 heteroatoms. The quantitative estimate of drug-likeness (QED) is 0.384. The van der Waals surface area contributed by atoms with Gasteiger partial charge in [0.1, 0.15) is 18.5 Å². The molecule has 0 aromatic heterocycles. The van der Waals surface area contributed by atoms with Crippen molar-refractivity contribution in [2.45, 2.75) is 32.8 Å². The Morgan fingerprint density at radius 3 is 2.68 bits per heavy atom. The van der Waals surface area contributed by atoms with Crippen LogP contribution in [0.4, 0.5) is 5.69 Å². The number of anilines is 1. The second-order valence-electron chi connectivity index (χ2n) is 7.61. The molecule has 3 rings (SSSR count). The fourth-order valence-electron chi connectivity index (χ4n) is 3.72. The smallest absolute Gasteiger partial charge is 0.251 e. The predicted molar refractivity (Wildman–Crippen MR) is 119 cm³/mol. The molecule has 170 valence electrons. The van der Waals surface area contributed by atoms with Crippen LogP contribution in [0.5, 0.6) is 5.75 Å². The third-order valence-electron chi connectivity index (χ3n) is 5.21. The molecule has 0 aliphatic carbocycles. The van der Waals surface area contributed by atoms with Crippen molar-refractivity contribution in [1.29, 1.82) is 0 Å². The number of amides is 2. The molecule has 0 radical (unpaired) electrons. The van der Waals surface area contributed by atoms with Gasteiger partial charge >= 0.3 is 0 Å². The Balaban J connectivity index is 1.47. The fourth-order valence-corrected chi connectivity index (χ4v) is 3.72. The highest BCUT2D eigenvalue weighted by Gasteiger charge is 2.30. The number of benzene rings is 1. The predicted octanol–water partition coefficient (Wildman–Crippen LogP) is 1.31. The lowest BCUT2D eigenvalue weighted by Gasteiger charge is -2.37. The molecule has 2 N–H and O–H groups in total. The van der Waals surface area contributed by atoms with Gasteiger partial charge in [-0.3, -0.25) is 9.59 Å². The van der Waals surface area contributed by atoms with E-state index in [4.69, 9.17) is 9.47 Å². The van der Waals surface area contributed by atoms with Crippen LogP contribution in [0.3, 0.4) is 0 Å². The number of nitrogens with zero attached hydrogens (tertiary/aromatic N) is 3. The van der Waals surface area contributed by atoms with Gasteiger partial charge in [-0.25, -0.2) is 4.99 Å². The zero-order valence-corrected chi connectivity index (χ0v) is 18.4. The van der Waals surface area contributed by atoms with E-state index in [1.165, 1.54) is 6.92 Å². The number of ether oxygens (including phenoxy) is 2. The number of hydrogen-bond donors (Lipinski definition) is 2. The summed E-state index contributed by atoms with van der Waals surface area (Å²) in [5, 5.41) is 6.07. The Hall–Kier alpha value is -2.81. The number of carbonyl (C=O) groups excluding carboxylic acids is 2. The summed E-state index contributed by atoms with van der Waals surface area (Å²) in [5.41, 5.74) is 0.706. The molecule has 2 saturated heterocycles. The van der Waals surface area contributed by atoms with E-state index in [-0.39, 0.29) is 17.9 Å². The van der Waals surface area contributed by atoms with Crippen molar-refractivity contribution in [3.8, 4) is 5.75 Å². The van der Waals surface area contributed by atoms with Crippen LogP contribution in [0, 0.1) is 0 Å². The lowest BCUT2D eigenvalue weighted by atomic mass is 10.2. The Kier molecular flexibility index (Phi) is 8.52. The van der Waals surface area contributed by atoms with E-state index in [1.807, 2.05) is 30.0 Å². The van der Waals surface area contributed by atoms with Crippen molar-refractivity contribution in [3.05, 3.63) is 24.3 Å². The number of guanidine groups is 1. The van der Waals surface area contributed by atoms with Crippen LogP contribution in [0.1, 0.15) is 26.7 Å². The highest BCUT2D eigenvalue weighted by molar-refractivity contribution is 5.88. The van der Waals surface area contributed by atoms with Crippen LogP contribution < -0.4 is 15.4 Å². The molecule has 0 spiro atoms. The van der Waals surface area contributed by atoms with Crippen molar-refractivity contribution < 1.29 is 19.1 Å². The number of rotatable bonds is 7. The standard InChI is InChI=1S/C22H33N5O4/c1-3-23-22(24-9-15-30-19-7-4-6-18(16-19)25-17(2)28)27-12-10-26(11-13-27)21(29)20-8-5-14-31-20/h4,6-7,16,20H,3,5,8-15H2,1-2H3,(H,23,24)(H,25,28). The molecule has 1 atom stereocenters. The monoisotopic (exact) mass is 431 g/mol. The fraction of sp³-hybridized carbons (Fsp3) is 0.591. The van der Waals surface area contributed by atoms with Crippen molar-refractivity contribution in [3.63, 3.8) is 0 Å². The lowest BCUT2D eigenvalue weighted by molar-refractivity contribution is -0.142. The molecule has 1 aromatic carbocycles. The van der Waals surface area contributed by atoms with Gasteiger partial charge in [-0.15, -0.1) is 0 Å². The van der Waals surface area contributed by atoms with Gasteiger partial charge in [0.05, 0.1) is 6.54 Å². The summed E-state index contributed by atoms with van der Waals surface area (Å²) in [6, 6.07) is 7.30. The molecule has 2 aliphatic rings. The first-order valence-electron chi connectivity index (χ1n) is 11.0. The maximum absolute atomic E-state index is 12.5. The van der Waals surface area contributed by atoms with E-state index < -0.39 is 0 Å².